The highest BCUT2D eigenvalue weighted by Gasteiger charge is 2.41. The highest BCUT2D eigenvalue weighted by Crippen LogP contribution is 2.42. The van der Waals surface area contributed by atoms with Crippen molar-refractivity contribution in [2.24, 2.45) is 0 Å². The summed E-state index contributed by atoms with van der Waals surface area (Å²) < 4.78 is 54.1. The number of aromatic nitrogens is 2. The molecule has 3 aromatic rings. The Morgan fingerprint density at radius 1 is 1.14 bits per heavy atom. The number of halogens is 1. The molecule has 0 aliphatic carbocycles. The fourth-order valence-electron chi connectivity index (χ4n) is 3.65. The molecule has 1 aliphatic heterocycles. The minimum absolute atomic E-state index is 0.118. The number of benzene rings is 2. The number of aryl methyl sites for hydroxylation is 1. The average molecular weight is 502 g/mol. The van der Waals surface area contributed by atoms with Crippen LogP contribution in [0.15, 0.2) is 48.5 Å². The van der Waals surface area contributed by atoms with Gasteiger partial charge in [0.25, 0.3) is 10.2 Å². The van der Waals surface area contributed by atoms with Crippen LogP contribution < -0.4 is 18.9 Å². The second-order valence-corrected chi connectivity index (χ2v) is 9.99. The molecule has 12 heteroatoms. The number of nitrogens with one attached hydrogen (secondary N) is 2. The van der Waals surface area contributed by atoms with Crippen molar-refractivity contribution in [2.75, 3.05) is 11.8 Å². The summed E-state index contributed by atoms with van der Waals surface area (Å²) in [7, 11) is -2.71. The number of carbonyl (C=O) groups excluding carboxylic acids is 1. The number of amides is 1. The number of fused-ring (bicyclic) bond motifs is 1. The predicted molar refractivity (Wildman–Crippen MR) is 126 cm³/mol. The molecule has 1 aliphatic rings. The van der Waals surface area contributed by atoms with Crippen LogP contribution >= 0.6 is 0 Å². The molecule has 0 fully saturated rings. The van der Waals surface area contributed by atoms with E-state index >= 15 is 4.39 Å². The van der Waals surface area contributed by atoms with Gasteiger partial charge in [-0.2, -0.15) is 13.5 Å². The maximum absolute atomic E-state index is 15.1. The van der Waals surface area contributed by atoms with E-state index in [1.165, 1.54) is 30.1 Å². The second-order valence-electron chi connectivity index (χ2n) is 8.37. The van der Waals surface area contributed by atoms with Crippen LogP contribution in [-0.2, 0) is 22.3 Å². The summed E-state index contributed by atoms with van der Waals surface area (Å²) >= 11 is 0. The molecule has 2 N–H and O–H groups in total. The predicted octanol–water partition coefficient (Wildman–Crippen LogP) is 3.84. The van der Waals surface area contributed by atoms with E-state index in [1.807, 2.05) is 20.8 Å². The van der Waals surface area contributed by atoms with E-state index in [2.05, 4.69) is 19.6 Å². The molecule has 184 valence electrons. The van der Waals surface area contributed by atoms with Gasteiger partial charge in [0.05, 0.1) is 23.5 Å². The lowest BCUT2D eigenvalue weighted by Gasteiger charge is -2.42. The molecule has 0 spiro atoms. The van der Waals surface area contributed by atoms with E-state index < -0.39 is 27.7 Å². The third-order valence-electron chi connectivity index (χ3n) is 5.62. The van der Waals surface area contributed by atoms with Gasteiger partial charge >= 0.3 is 6.09 Å². The van der Waals surface area contributed by atoms with Gasteiger partial charge in [-0.05, 0) is 45.0 Å². The highest BCUT2D eigenvalue weighted by atomic mass is 32.2. The Kier molecular flexibility index (Phi) is 6.34. The van der Waals surface area contributed by atoms with Crippen LogP contribution in [0.2, 0.25) is 0 Å². The van der Waals surface area contributed by atoms with Crippen LogP contribution in [0.5, 0.6) is 17.4 Å². The van der Waals surface area contributed by atoms with Crippen LogP contribution in [0.3, 0.4) is 0 Å². The number of rotatable bonds is 7. The molecule has 2 aromatic carbocycles. The Hall–Kier alpha value is -3.77. The zero-order valence-electron chi connectivity index (χ0n) is 19.5. The number of nitrogens with zero attached hydrogens (tertiary/aromatic N) is 3. The largest absolute Gasteiger partial charge is 0.437 e. The van der Waals surface area contributed by atoms with E-state index in [1.54, 1.807) is 30.3 Å². The highest BCUT2D eigenvalue weighted by molar-refractivity contribution is 7.90. The molecule has 2 heterocycles. The number of hydrogen-bond acceptors (Lipinski definition) is 7. The molecule has 0 unspecified atom stereocenters. The maximum Gasteiger partial charge on any atom is 0.416 e. The maximum atomic E-state index is 15.1. The van der Waals surface area contributed by atoms with E-state index in [-0.39, 0.29) is 17.8 Å². The van der Waals surface area contributed by atoms with Gasteiger partial charge in [-0.3, -0.25) is 9.62 Å². The van der Waals surface area contributed by atoms with E-state index in [4.69, 9.17) is 9.47 Å². The molecule has 35 heavy (non-hydrogen) atoms. The topological polar surface area (TPSA) is 123 Å². The minimum atomic E-state index is -3.91. The standard InChI is InChI=1S/C23H24FN5O5S/c1-14-8-11-20(27-26-14)33-16-9-10-17-19(12-16)34-22(30)29(23(17,2)3)13-15-6-5-7-18(21(15)24)28-35(31,32)25-4/h5-12,25,28H,13H2,1-4H3. The first-order valence-electron chi connectivity index (χ1n) is 10.6. The van der Waals surface area contributed by atoms with Gasteiger partial charge in [-0.15, -0.1) is 5.10 Å². The van der Waals surface area contributed by atoms with Crippen molar-refractivity contribution >= 4 is 22.0 Å². The van der Waals surface area contributed by atoms with Gasteiger partial charge in [0.15, 0.2) is 5.82 Å². The first-order chi connectivity index (χ1) is 16.5. The van der Waals surface area contributed by atoms with Crippen molar-refractivity contribution in [3.05, 3.63) is 71.2 Å². The van der Waals surface area contributed by atoms with Crippen molar-refractivity contribution in [3.63, 3.8) is 0 Å². The van der Waals surface area contributed by atoms with E-state index in [0.29, 0.717) is 22.9 Å². The summed E-state index contributed by atoms with van der Waals surface area (Å²) in [5.74, 6) is 0.228. The van der Waals surface area contributed by atoms with Crippen molar-refractivity contribution in [2.45, 2.75) is 32.9 Å². The molecular weight excluding hydrogens is 477 g/mol. The summed E-state index contributed by atoms with van der Waals surface area (Å²) in [6, 6.07) is 12.8. The summed E-state index contributed by atoms with van der Waals surface area (Å²) in [5.41, 5.74) is 0.445. The molecule has 4 rings (SSSR count). The Labute approximate surface area is 202 Å². The summed E-state index contributed by atoms with van der Waals surface area (Å²) in [4.78, 5) is 14.3. The average Bonchev–Trinajstić information content (AvgIpc) is 2.80. The Morgan fingerprint density at radius 2 is 1.91 bits per heavy atom. The molecule has 0 radical (unpaired) electrons. The van der Waals surface area contributed by atoms with E-state index in [9.17, 15) is 13.2 Å². The molecular formula is C23H24FN5O5S. The summed E-state index contributed by atoms with van der Waals surface area (Å²) in [5, 5.41) is 7.91. The van der Waals surface area contributed by atoms with Crippen LogP contribution in [0.25, 0.3) is 0 Å². The van der Waals surface area contributed by atoms with Crippen LogP contribution in [0.4, 0.5) is 14.9 Å². The van der Waals surface area contributed by atoms with Crippen LogP contribution in [0.1, 0.15) is 30.7 Å². The monoisotopic (exact) mass is 501 g/mol. The first kappa shape index (κ1) is 24.4. The lowest BCUT2D eigenvalue weighted by atomic mass is 9.89. The Balaban J connectivity index is 1.60. The SMILES string of the molecule is CNS(=O)(=O)Nc1cccc(CN2C(=O)Oc3cc(Oc4ccc(C)nn4)ccc3C2(C)C)c1F. The summed E-state index contributed by atoms with van der Waals surface area (Å²) in [6.45, 7) is 5.28. The number of hydrogen-bond donors (Lipinski definition) is 2. The molecule has 0 saturated carbocycles. The van der Waals surface area contributed by atoms with Gasteiger partial charge in [0.1, 0.15) is 11.5 Å². The van der Waals surface area contributed by atoms with Gasteiger partial charge < -0.3 is 9.47 Å². The smallest absolute Gasteiger partial charge is 0.416 e. The third kappa shape index (κ3) is 5.03. The van der Waals surface area contributed by atoms with Gasteiger partial charge in [-0.25, -0.2) is 13.9 Å². The fourth-order valence-corrected chi connectivity index (χ4v) is 4.20. The molecule has 10 nitrogen and oxygen atoms in total. The van der Waals surface area contributed by atoms with Crippen molar-refractivity contribution in [1.29, 1.82) is 0 Å². The van der Waals surface area contributed by atoms with Crippen LogP contribution in [0, 0.1) is 12.7 Å². The van der Waals surface area contributed by atoms with Crippen LogP contribution in [-0.4, -0.2) is 36.7 Å². The van der Waals surface area contributed by atoms with Crippen molar-refractivity contribution in [3.8, 4) is 17.4 Å². The lowest BCUT2D eigenvalue weighted by molar-refractivity contribution is 0.0735. The first-order valence-corrected chi connectivity index (χ1v) is 12.1. The lowest BCUT2D eigenvalue weighted by Crippen LogP contribution is -2.50. The van der Waals surface area contributed by atoms with Gasteiger partial charge in [0, 0.05) is 30.3 Å². The molecule has 1 aromatic heterocycles. The second kappa shape index (κ2) is 9.12. The zero-order chi connectivity index (χ0) is 25.4. The molecule has 0 saturated heterocycles. The quantitative estimate of drug-likeness (QED) is 0.504. The molecule has 0 atom stereocenters. The van der Waals surface area contributed by atoms with E-state index in [0.717, 1.165) is 5.69 Å². The normalized spacial score (nSPS) is 14.8. The van der Waals surface area contributed by atoms with Crippen molar-refractivity contribution in [1.82, 2.24) is 19.8 Å². The van der Waals surface area contributed by atoms with Gasteiger partial charge in [-0.1, -0.05) is 12.1 Å². The third-order valence-corrected chi connectivity index (χ3v) is 6.65. The Morgan fingerprint density at radius 3 is 2.60 bits per heavy atom. The van der Waals surface area contributed by atoms with Crippen molar-refractivity contribution < 1.29 is 27.1 Å². The number of ether oxygens (including phenoxy) is 2. The molecule has 1 amide bonds. The van der Waals surface area contributed by atoms with Gasteiger partial charge in [0.2, 0.25) is 5.88 Å². The minimum Gasteiger partial charge on any atom is -0.437 e. The fraction of sp³-hybridized carbons (Fsp3) is 0.261. The number of carbonyl (C=O) groups is 1. The number of anilines is 1. The molecule has 0 bridgehead atoms. The Bertz CT molecular complexity index is 1380. The zero-order valence-corrected chi connectivity index (χ0v) is 20.3. The summed E-state index contributed by atoms with van der Waals surface area (Å²) in [6.07, 6.45) is -0.685.